The van der Waals surface area contributed by atoms with E-state index in [1.165, 1.54) is 0 Å². The van der Waals surface area contributed by atoms with Crippen LogP contribution >= 0.6 is 12.4 Å². The maximum atomic E-state index is 12.1. The second kappa shape index (κ2) is 10.6. The van der Waals surface area contributed by atoms with E-state index >= 15 is 0 Å². The molecule has 1 amide bonds. The van der Waals surface area contributed by atoms with Crippen molar-refractivity contribution in [3.63, 3.8) is 0 Å². The standard InChI is InChI=1S/C14H23N3O2.ClH/c1-3-9-17(14(18)13(15)11-19-2)10-7-12-6-4-5-8-16-12;/h4-6,8,13H,3,7,9-11,15H2,1-2H3;1H. The number of nitrogens with two attached hydrogens (primary N) is 1. The molecule has 0 spiro atoms. The van der Waals surface area contributed by atoms with E-state index in [1.807, 2.05) is 25.1 Å². The Balaban J connectivity index is 0.00000361. The van der Waals surface area contributed by atoms with Crippen molar-refractivity contribution in [3.05, 3.63) is 30.1 Å². The van der Waals surface area contributed by atoms with Gasteiger partial charge in [0.05, 0.1) is 6.61 Å². The summed E-state index contributed by atoms with van der Waals surface area (Å²) >= 11 is 0. The summed E-state index contributed by atoms with van der Waals surface area (Å²) in [5.74, 6) is -0.0559. The summed E-state index contributed by atoms with van der Waals surface area (Å²) in [6.45, 7) is 3.65. The van der Waals surface area contributed by atoms with Crippen LogP contribution in [0.1, 0.15) is 19.0 Å². The van der Waals surface area contributed by atoms with Crippen molar-refractivity contribution in [2.75, 3.05) is 26.8 Å². The molecule has 114 valence electrons. The molecule has 1 atom stereocenters. The third-order valence-corrected chi connectivity index (χ3v) is 2.83. The van der Waals surface area contributed by atoms with Gasteiger partial charge in [0.25, 0.3) is 0 Å². The number of ether oxygens (including phenoxy) is 1. The highest BCUT2D eigenvalue weighted by Crippen LogP contribution is 2.01. The second-order valence-electron chi connectivity index (χ2n) is 4.46. The number of methoxy groups -OCH3 is 1. The van der Waals surface area contributed by atoms with E-state index in [1.54, 1.807) is 18.2 Å². The molecule has 0 aliphatic carbocycles. The van der Waals surface area contributed by atoms with Gasteiger partial charge < -0.3 is 15.4 Å². The lowest BCUT2D eigenvalue weighted by Gasteiger charge is -2.25. The van der Waals surface area contributed by atoms with Crippen LogP contribution < -0.4 is 5.73 Å². The molecule has 1 aromatic rings. The van der Waals surface area contributed by atoms with Crippen molar-refractivity contribution < 1.29 is 9.53 Å². The van der Waals surface area contributed by atoms with Crippen molar-refractivity contribution in [2.45, 2.75) is 25.8 Å². The number of halogens is 1. The van der Waals surface area contributed by atoms with Crippen molar-refractivity contribution in [3.8, 4) is 0 Å². The Morgan fingerprint density at radius 3 is 2.75 bits per heavy atom. The molecule has 1 rings (SSSR count). The molecule has 0 radical (unpaired) electrons. The van der Waals surface area contributed by atoms with Gasteiger partial charge >= 0.3 is 0 Å². The van der Waals surface area contributed by atoms with Crippen LogP contribution in [0.25, 0.3) is 0 Å². The monoisotopic (exact) mass is 301 g/mol. The zero-order valence-electron chi connectivity index (χ0n) is 12.1. The summed E-state index contributed by atoms with van der Waals surface area (Å²) in [5.41, 5.74) is 6.78. The summed E-state index contributed by atoms with van der Waals surface area (Å²) in [7, 11) is 1.55. The van der Waals surface area contributed by atoms with Crippen LogP contribution in [0, 0.1) is 0 Å². The van der Waals surface area contributed by atoms with Gasteiger partial charge in [0.15, 0.2) is 0 Å². The Bertz CT molecular complexity index is 376. The first kappa shape index (κ1) is 18.8. The van der Waals surface area contributed by atoms with Gasteiger partial charge in [-0.2, -0.15) is 0 Å². The summed E-state index contributed by atoms with van der Waals surface area (Å²) in [5, 5.41) is 0. The van der Waals surface area contributed by atoms with Crippen molar-refractivity contribution >= 4 is 18.3 Å². The predicted molar refractivity (Wildman–Crippen MR) is 81.9 cm³/mol. The minimum absolute atomic E-state index is 0. The maximum absolute atomic E-state index is 12.1. The molecule has 0 aliphatic heterocycles. The van der Waals surface area contributed by atoms with Gasteiger partial charge in [-0.25, -0.2) is 0 Å². The quantitative estimate of drug-likeness (QED) is 0.785. The summed E-state index contributed by atoms with van der Waals surface area (Å²) in [6, 6.07) is 5.21. The maximum Gasteiger partial charge on any atom is 0.241 e. The van der Waals surface area contributed by atoms with E-state index < -0.39 is 6.04 Å². The van der Waals surface area contributed by atoms with E-state index in [4.69, 9.17) is 10.5 Å². The minimum atomic E-state index is -0.583. The molecule has 2 N–H and O–H groups in total. The van der Waals surface area contributed by atoms with Gasteiger partial charge in [-0.1, -0.05) is 13.0 Å². The molecule has 20 heavy (non-hydrogen) atoms. The Morgan fingerprint density at radius 2 is 2.20 bits per heavy atom. The van der Waals surface area contributed by atoms with Gasteiger partial charge in [-0.15, -0.1) is 12.4 Å². The number of nitrogens with zero attached hydrogens (tertiary/aromatic N) is 2. The third-order valence-electron chi connectivity index (χ3n) is 2.83. The first-order valence-electron chi connectivity index (χ1n) is 6.62. The third kappa shape index (κ3) is 6.32. The first-order chi connectivity index (χ1) is 9.19. The second-order valence-corrected chi connectivity index (χ2v) is 4.46. The molecule has 1 aromatic heterocycles. The van der Waals surface area contributed by atoms with Crippen molar-refractivity contribution in [1.82, 2.24) is 9.88 Å². The molecule has 0 saturated heterocycles. The van der Waals surface area contributed by atoms with Crippen LogP contribution in [0.15, 0.2) is 24.4 Å². The fraction of sp³-hybridized carbons (Fsp3) is 0.571. The number of hydrogen-bond donors (Lipinski definition) is 1. The van der Waals surface area contributed by atoms with E-state index in [-0.39, 0.29) is 24.9 Å². The average Bonchev–Trinajstić information content (AvgIpc) is 2.44. The SMILES string of the molecule is CCCN(CCc1ccccn1)C(=O)C(N)COC.Cl. The first-order valence-corrected chi connectivity index (χ1v) is 6.62. The van der Waals surface area contributed by atoms with Gasteiger partial charge in [0.1, 0.15) is 6.04 Å². The lowest BCUT2D eigenvalue weighted by molar-refractivity contribution is -0.133. The zero-order valence-corrected chi connectivity index (χ0v) is 12.9. The van der Waals surface area contributed by atoms with Gasteiger partial charge in [-0.3, -0.25) is 9.78 Å². The van der Waals surface area contributed by atoms with Gasteiger partial charge in [-0.05, 0) is 18.6 Å². The largest absolute Gasteiger partial charge is 0.383 e. The van der Waals surface area contributed by atoms with E-state index in [0.717, 1.165) is 18.5 Å². The average molecular weight is 302 g/mol. The lowest BCUT2D eigenvalue weighted by atomic mass is 10.2. The summed E-state index contributed by atoms with van der Waals surface area (Å²) in [4.78, 5) is 18.2. The number of amides is 1. The molecule has 0 aliphatic rings. The van der Waals surface area contributed by atoms with Crippen molar-refractivity contribution in [2.24, 2.45) is 5.73 Å². The summed E-state index contributed by atoms with van der Waals surface area (Å²) < 4.78 is 4.93. The Kier molecular flexibility index (Phi) is 9.98. The molecule has 1 unspecified atom stereocenters. The highest BCUT2D eigenvalue weighted by molar-refractivity contribution is 5.85. The Morgan fingerprint density at radius 1 is 1.45 bits per heavy atom. The highest BCUT2D eigenvalue weighted by atomic mass is 35.5. The molecular formula is C14H24ClN3O2. The van der Waals surface area contributed by atoms with Crippen molar-refractivity contribution in [1.29, 1.82) is 0 Å². The number of aromatic nitrogens is 1. The van der Waals surface area contributed by atoms with E-state index in [0.29, 0.717) is 13.1 Å². The van der Waals surface area contributed by atoms with Crippen LogP contribution in [0.4, 0.5) is 0 Å². The number of carbonyl (C=O) groups excluding carboxylic acids is 1. The predicted octanol–water partition coefficient (Wildman–Crippen LogP) is 1.26. The molecule has 0 saturated carbocycles. The highest BCUT2D eigenvalue weighted by Gasteiger charge is 2.20. The number of carbonyl (C=O) groups is 1. The Hall–Kier alpha value is -1.17. The molecular weight excluding hydrogens is 278 g/mol. The molecule has 6 heteroatoms. The number of hydrogen-bond acceptors (Lipinski definition) is 4. The summed E-state index contributed by atoms with van der Waals surface area (Å²) in [6.07, 6.45) is 3.41. The Labute approximate surface area is 126 Å². The topological polar surface area (TPSA) is 68.5 Å². The molecule has 1 heterocycles. The van der Waals surface area contributed by atoms with Crippen LogP contribution in [-0.2, 0) is 16.0 Å². The van der Waals surface area contributed by atoms with Crippen LogP contribution in [0.3, 0.4) is 0 Å². The van der Waals surface area contributed by atoms with Gasteiger partial charge in [0.2, 0.25) is 5.91 Å². The van der Waals surface area contributed by atoms with Crippen LogP contribution in [0.2, 0.25) is 0 Å². The lowest BCUT2D eigenvalue weighted by Crippen LogP contribution is -2.47. The molecule has 0 fully saturated rings. The van der Waals surface area contributed by atoms with Gasteiger partial charge in [0, 0.05) is 38.5 Å². The van der Waals surface area contributed by atoms with E-state index in [9.17, 15) is 4.79 Å². The van der Waals surface area contributed by atoms with Crippen LogP contribution in [-0.4, -0.2) is 48.6 Å². The minimum Gasteiger partial charge on any atom is -0.383 e. The smallest absolute Gasteiger partial charge is 0.241 e. The normalized spacial score (nSPS) is 11.6. The fourth-order valence-corrected chi connectivity index (χ4v) is 1.88. The zero-order chi connectivity index (χ0) is 14.1. The molecule has 0 bridgehead atoms. The number of pyridine rings is 1. The molecule has 5 nitrogen and oxygen atoms in total. The fourth-order valence-electron chi connectivity index (χ4n) is 1.88. The molecule has 0 aromatic carbocycles. The number of rotatable bonds is 8. The van der Waals surface area contributed by atoms with E-state index in [2.05, 4.69) is 4.98 Å². The van der Waals surface area contributed by atoms with Crippen LogP contribution in [0.5, 0.6) is 0 Å².